The molecule has 0 radical (unpaired) electrons. The average molecular weight is 584 g/mol. The Kier molecular flexibility index (Phi) is 7.88. The molecule has 1 aliphatic heterocycles. The first kappa shape index (κ1) is 28.9. The summed E-state index contributed by atoms with van der Waals surface area (Å²) < 4.78 is 6.45. The maximum Gasteiger partial charge on any atom is 0.410 e. The van der Waals surface area contributed by atoms with Crippen LogP contribution in [0.3, 0.4) is 0 Å². The van der Waals surface area contributed by atoms with Gasteiger partial charge < -0.3 is 9.84 Å². The molecule has 3 aromatic rings. The van der Waals surface area contributed by atoms with E-state index in [4.69, 9.17) is 4.74 Å². The molecule has 4 atom stereocenters. The van der Waals surface area contributed by atoms with Crippen LogP contribution < -0.4 is 0 Å². The van der Waals surface area contributed by atoms with Gasteiger partial charge in [0.25, 0.3) is 0 Å². The number of amides is 1. The van der Waals surface area contributed by atoms with Gasteiger partial charge in [0.15, 0.2) is 0 Å². The molecule has 1 N–H and O–H groups in total. The van der Waals surface area contributed by atoms with Crippen molar-refractivity contribution in [2.75, 3.05) is 6.54 Å². The van der Waals surface area contributed by atoms with Crippen LogP contribution in [0.15, 0.2) is 72.3 Å². The normalized spacial score (nSPS) is 28.0. The van der Waals surface area contributed by atoms with Crippen molar-refractivity contribution in [2.45, 2.75) is 89.9 Å². The van der Waals surface area contributed by atoms with Crippen molar-refractivity contribution in [3.8, 4) is 0 Å². The van der Waals surface area contributed by atoms with Gasteiger partial charge in [0.2, 0.25) is 5.78 Å². The average Bonchev–Trinajstić information content (AvgIpc) is 3.63. The summed E-state index contributed by atoms with van der Waals surface area (Å²) in [5.74, 6) is 0.0947. The van der Waals surface area contributed by atoms with Crippen molar-refractivity contribution in [1.82, 2.24) is 4.90 Å². The zero-order valence-electron chi connectivity index (χ0n) is 24.9. The minimum atomic E-state index is -0.628. The van der Waals surface area contributed by atoms with Crippen LogP contribution in [0.25, 0.3) is 0 Å². The van der Waals surface area contributed by atoms with Crippen LogP contribution >= 0.6 is 11.3 Å². The third kappa shape index (κ3) is 5.35. The highest BCUT2D eigenvalue weighted by molar-refractivity contribution is 7.14. The number of fused-ring (bicyclic) bond motifs is 8. The summed E-state index contributed by atoms with van der Waals surface area (Å²) in [6.45, 7) is 7.54. The van der Waals surface area contributed by atoms with Crippen LogP contribution in [0.2, 0.25) is 0 Å². The second kappa shape index (κ2) is 11.5. The summed E-state index contributed by atoms with van der Waals surface area (Å²) >= 11 is 1.53. The molecule has 3 aliphatic carbocycles. The lowest BCUT2D eigenvalue weighted by atomic mass is 9.65. The SMILES string of the molecule is CC1=CCC[C@@]2(C)[C@@H](CC[C@@]23CN(Cc2ccccc2)C(=O)O3)c2ccc(cc2C(=O)c2ccc(C)s2)C[C@@H](O)CC1. The Morgan fingerprint density at radius 3 is 2.64 bits per heavy atom. The molecule has 2 aromatic carbocycles. The maximum absolute atomic E-state index is 14.1. The molecule has 1 spiro atoms. The minimum absolute atomic E-state index is 0.0414. The second-order valence-corrected chi connectivity index (χ2v) is 14.1. The molecule has 220 valence electrons. The summed E-state index contributed by atoms with van der Waals surface area (Å²) in [7, 11) is 0. The largest absolute Gasteiger partial charge is 0.440 e. The lowest BCUT2D eigenvalue weighted by Gasteiger charge is -2.43. The summed E-state index contributed by atoms with van der Waals surface area (Å²) in [5.41, 5.74) is 4.13. The summed E-state index contributed by atoms with van der Waals surface area (Å²) in [6, 6.07) is 20.3. The van der Waals surface area contributed by atoms with Crippen LogP contribution in [0.4, 0.5) is 4.79 Å². The van der Waals surface area contributed by atoms with E-state index in [0.717, 1.165) is 64.1 Å². The quantitative estimate of drug-likeness (QED) is 0.250. The number of aryl methyl sites for hydroxylation is 1. The summed E-state index contributed by atoms with van der Waals surface area (Å²) in [6.07, 6.45) is 6.96. The van der Waals surface area contributed by atoms with Gasteiger partial charge in [-0.2, -0.15) is 0 Å². The number of allylic oxidation sites excluding steroid dienone is 2. The van der Waals surface area contributed by atoms with Crippen molar-refractivity contribution in [3.63, 3.8) is 0 Å². The van der Waals surface area contributed by atoms with Crippen LogP contribution in [-0.4, -0.2) is 40.1 Å². The van der Waals surface area contributed by atoms with Gasteiger partial charge in [-0.25, -0.2) is 4.79 Å². The predicted molar refractivity (Wildman–Crippen MR) is 167 cm³/mol. The number of ether oxygens (including phenoxy) is 1. The van der Waals surface area contributed by atoms with E-state index in [0.29, 0.717) is 25.9 Å². The molecule has 0 unspecified atom stereocenters. The second-order valence-electron chi connectivity index (χ2n) is 12.9. The van der Waals surface area contributed by atoms with E-state index in [-0.39, 0.29) is 23.2 Å². The van der Waals surface area contributed by atoms with Crippen molar-refractivity contribution < 1.29 is 19.4 Å². The maximum atomic E-state index is 14.1. The first-order valence-electron chi connectivity index (χ1n) is 15.3. The molecule has 6 heteroatoms. The number of hydrogen-bond acceptors (Lipinski definition) is 5. The smallest absolute Gasteiger partial charge is 0.410 e. The zero-order chi connectivity index (χ0) is 29.5. The molecule has 2 fully saturated rings. The van der Waals surface area contributed by atoms with Crippen LogP contribution in [0.5, 0.6) is 0 Å². The third-order valence-electron chi connectivity index (χ3n) is 10.1. The zero-order valence-corrected chi connectivity index (χ0v) is 25.7. The Bertz CT molecular complexity index is 1510. The van der Waals surface area contributed by atoms with Gasteiger partial charge >= 0.3 is 6.09 Å². The number of carbonyl (C=O) groups is 2. The number of carbonyl (C=O) groups excluding carboxylic acids is 2. The first-order valence-corrected chi connectivity index (χ1v) is 16.1. The van der Waals surface area contributed by atoms with Gasteiger partial charge in [0.05, 0.1) is 17.5 Å². The van der Waals surface area contributed by atoms with Gasteiger partial charge in [-0.15, -0.1) is 11.3 Å². The molecule has 2 bridgehead atoms. The number of ketones is 1. The molecule has 4 aliphatic rings. The lowest BCUT2D eigenvalue weighted by molar-refractivity contribution is -0.0373. The molecule has 7 rings (SSSR count). The number of benzene rings is 2. The predicted octanol–water partition coefficient (Wildman–Crippen LogP) is 7.99. The number of nitrogens with zero attached hydrogens (tertiary/aromatic N) is 1. The van der Waals surface area contributed by atoms with E-state index < -0.39 is 11.7 Å². The number of rotatable bonds is 4. The molecule has 42 heavy (non-hydrogen) atoms. The van der Waals surface area contributed by atoms with E-state index >= 15 is 0 Å². The van der Waals surface area contributed by atoms with Gasteiger partial charge in [0, 0.05) is 22.4 Å². The van der Waals surface area contributed by atoms with E-state index in [1.165, 1.54) is 16.9 Å². The lowest BCUT2D eigenvalue weighted by Crippen LogP contribution is -2.48. The number of hydrogen-bond donors (Lipinski definition) is 1. The van der Waals surface area contributed by atoms with Crippen LogP contribution in [0, 0.1) is 12.3 Å². The van der Waals surface area contributed by atoms with Gasteiger partial charge in [-0.3, -0.25) is 9.69 Å². The highest BCUT2D eigenvalue weighted by atomic mass is 32.1. The fourth-order valence-electron chi connectivity index (χ4n) is 7.60. The highest BCUT2D eigenvalue weighted by Crippen LogP contribution is 2.61. The Labute approximate surface area is 253 Å². The summed E-state index contributed by atoms with van der Waals surface area (Å²) in [4.78, 5) is 31.2. The van der Waals surface area contributed by atoms with Crippen LogP contribution in [0.1, 0.15) is 95.1 Å². The fourth-order valence-corrected chi connectivity index (χ4v) is 8.42. The monoisotopic (exact) mass is 583 g/mol. The topological polar surface area (TPSA) is 66.8 Å². The standard InChI is InChI=1S/C36H41NO4S/c1-24-8-7-18-35(3)31(17-19-36(35)23-37(34(40)41-36)22-26-9-5-4-6-10-26)29-15-13-27(20-28(38)14-11-24)21-30(29)33(39)32-16-12-25(2)42-32/h4-6,8-10,12-13,15-16,21,28,31,38H,7,11,14,17-20,22-23H2,1-3H3/t28-,31-,35-,36+/m0/s1. The molecular weight excluding hydrogens is 542 g/mol. The van der Waals surface area contributed by atoms with E-state index in [1.807, 2.05) is 48.2 Å². The first-order chi connectivity index (χ1) is 20.2. The van der Waals surface area contributed by atoms with Crippen molar-refractivity contribution >= 4 is 23.2 Å². The molecule has 2 heterocycles. The Morgan fingerprint density at radius 2 is 1.88 bits per heavy atom. The highest BCUT2D eigenvalue weighted by Gasteiger charge is 2.63. The Hall–Kier alpha value is -3.22. The number of thiophene rings is 1. The summed E-state index contributed by atoms with van der Waals surface area (Å²) in [5, 5.41) is 10.8. The van der Waals surface area contributed by atoms with Crippen molar-refractivity contribution in [3.05, 3.63) is 104 Å². The van der Waals surface area contributed by atoms with Gasteiger partial charge in [0.1, 0.15) is 5.60 Å². The third-order valence-corrected chi connectivity index (χ3v) is 11.1. The van der Waals surface area contributed by atoms with Gasteiger partial charge in [-0.1, -0.05) is 61.0 Å². The van der Waals surface area contributed by atoms with E-state index in [2.05, 4.69) is 44.2 Å². The van der Waals surface area contributed by atoms with Crippen LogP contribution in [-0.2, 0) is 17.7 Å². The molecule has 1 saturated heterocycles. The fraction of sp³-hybridized carbons (Fsp3) is 0.444. The molecule has 5 nitrogen and oxygen atoms in total. The Morgan fingerprint density at radius 1 is 1.07 bits per heavy atom. The van der Waals surface area contributed by atoms with Crippen molar-refractivity contribution in [1.29, 1.82) is 0 Å². The molecular formula is C36H41NO4S. The van der Waals surface area contributed by atoms with E-state index in [9.17, 15) is 14.7 Å². The Balaban J connectivity index is 1.42. The molecule has 1 saturated carbocycles. The molecule has 1 aromatic heterocycles. The minimum Gasteiger partial charge on any atom is -0.440 e. The van der Waals surface area contributed by atoms with Gasteiger partial charge in [-0.05, 0) is 99.6 Å². The number of aliphatic hydroxyl groups is 1. The van der Waals surface area contributed by atoms with E-state index in [1.54, 1.807) is 0 Å². The number of aliphatic hydroxyl groups excluding tert-OH is 1. The molecule has 1 amide bonds. The van der Waals surface area contributed by atoms with Crippen molar-refractivity contribution in [2.24, 2.45) is 5.41 Å².